The molecular weight excluding hydrogens is 196 g/mol. The molecule has 90 valence electrons. The molecule has 0 amide bonds. The van der Waals surface area contributed by atoms with Gasteiger partial charge in [0.2, 0.25) is 0 Å². The molecule has 0 fully saturated rings. The number of rotatable bonds is 8. The van der Waals surface area contributed by atoms with Gasteiger partial charge in [0.15, 0.2) is 6.10 Å². The minimum atomic E-state index is -0.458. The van der Waals surface area contributed by atoms with Gasteiger partial charge in [0, 0.05) is 7.11 Å². The fraction of sp³-hybridized carbons (Fsp3) is 0.909. The third kappa shape index (κ3) is 6.47. The summed E-state index contributed by atoms with van der Waals surface area (Å²) < 4.78 is 15.4. The second-order valence-corrected chi connectivity index (χ2v) is 3.43. The van der Waals surface area contributed by atoms with Gasteiger partial charge in [-0.2, -0.15) is 0 Å². The summed E-state index contributed by atoms with van der Waals surface area (Å²) in [5, 5.41) is 0. The van der Waals surface area contributed by atoms with Gasteiger partial charge in [-0.1, -0.05) is 13.3 Å². The maximum atomic E-state index is 11.5. The van der Waals surface area contributed by atoms with E-state index in [-0.39, 0.29) is 12.1 Å². The van der Waals surface area contributed by atoms with Crippen LogP contribution in [0.4, 0.5) is 0 Å². The van der Waals surface area contributed by atoms with E-state index in [9.17, 15) is 4.79 Å². The monoisotopic (exact) mass is 218 g/mol. The predicted octanol–water partition coefficient (Wildman–Crippen LogP) is 1.77. The predicted molar refractivity (Wildman–Crippen MR) is 57.8 cm³/mol. The molecule has 15 heavy (non-hydrogen) atoms. The smallest absolute Gasteiger partial charge is 0.335 e. The first kappa shape index (κ1) is 14.4. The Morgan fingerprint density at radius 1 is 1.33 bits per heavy atom. The molecule has 0 N–H and O–H groups in total. The van der Waals surface area contributed by atoms with Crippen molar-refractivity contribution in [2.75, 3.05) is 20.3 Å². The topological polar surface area (TPSA) is 44.8 Å². The van der Waals surface area contributed by atoms with Crippen molar-refractivity contribution < 1.29 is 19.0 Å². The first-order valence-corrected chi connectivity index (χ1v) is 5.46. The fourth-order valence-corrected chi connectivity index (χ4v) is 1.29. The minimum absolute atomic E-state index is 0.0871. The van der Waals surface area contributed by atoms with E-state index >= 15 is 0 Å². The molecule has 0 aromatic carbocycles. The fourth-order valence-electron chi connectivity index (χ4n) is 1.29. The molecule has 0 aliphatic heterocycles. The average Bonchev–Trinajstić information content (AvgIpc) is 2.18. The van der Waals surface area contributed by atoms with E-state index in [4.69, 9.17) is 14.2 Å². The van der Waals surface area contributed by atoms with Crippen molar-refractivity contribution in [2.45, 2.75) is 45.8 Å². The third-order valence-corrected chi connectivity index (χ3v) is 1.90. The van der Waals surface area contributed by atoms with Crippen LogP contribution in [-0.2, 0) is 19.0 Å². The van der Waals surface area contributed by atoms with Gasteiger partial charge in [0.1, 0.15) is 0 Å². The Bertz CT molecular complexity index is 170. The van der Waals surface area contributed by atoms with Crippen molar-refractivity contribution in [1.29, 1.82) is 0 Å². The molecule has 0 spiro atoms. The molecule has 4 heteroatoms. The van der Waals surface area contributed by atoms with Crippen LogP contribution in [0.15, 0.2) is 0 Å². The van der Waals surface area contributed by atoms with E-state index in [0.29, 0.717) is 19.6 Å². The summed E-state index contributed by atoms with van der Waals surface area (Å²) in [4.78, 5) is 11.5. The summed E-state index contributed by atoms with van der Waals surface area (Å²) in [6.07, 6.45) is 1.03. The van der Waals surface area contributed by atoms with Gasteiger partial charge in [-0.25, -0.2) is 4.79 Å². The van der Waals surface area contributed by atoms with Crippen molar-refractivity contribution in [1.82, 2.24) is 0 Å². The lowest BCUT2D eigenvalue weighted by molar-refractivity contribution is -0.162. The van der Waals surface area contributed by atoms with Crippen LogP contribution in [0, 0.1) is 0 Å². The highest BCUT2D eigenvalue weighted by Gasteiger charge is 2.21. The van der Waals surface area contributed by atoms with Gasteiger partial charge in [0.25, 0.3) is 0 Å². The molecule has 0 aliphatic rings. The molecule has 0 heterocycles. The Balaban J connectivity index is 4.07. The van der Waals surface area contributed by atoms with Crippen LogP contribution in [0.2, 0.25) is 0 Å². The quantitative estimate of drug-likeness (QED) is 0.582. The van der Waals surface area contributed by atoms with Gasteiger partial charge >= 0.3 is 5.97 Å². The molecule has 2 atom stereocenters. The Morgan fingerprint density at radius 3 is 2.47 bits per heavy atom. The second-order valence-electron chi connectivity index (χ2n) is 3.43. The summed E-state index contributed by atoms with van der Waals surface area (Å²) in [6, 6.07) is 0. The largest absolute Gasteiger partial charge is 0.464 e. The standard InChI is InChI=1S/C11H22O4/c1-5-7-10(11(12)14-6-2)15-9(3)8-13-4/h9-10H,5-8H2,1-4H3. The first-order chi connectivity index (χ1) is 7.15. The highest BCUT2D eigenvalue weighted by molar-refractivity contribution is 5.74. The van der Waals surface area contributed by atoms with Crippen LogP contribution in [-0.4, -0.2) is 38.5 Å². The van der Waals surface area contributed by atoms with E-state index in [2.05, 4.69) is 0 Å². The number of esters is 1. The lowest BCUT2D eigenvalue weighted by atomic mass is 10.2. The van der Waals surface area contributed by atoms with E-state index in [0.717, 1.165) is 6.42 Å². The molecule has 0 saturated carbocycles. The summed E-state index contributed by atoms with van der Waals surface area (Å²) in [6.45, 7) is 6.56. The minimum Gasteiger partial charge on any atom is -0.464 e. The van der Waals surface area contributed by atoms with Gasteiger partial charge in [-0.3, -0.25) is 0 Å². The number of carbonyl (C=O) groups excluding carboxylic acids is 1. The van der Waals surface area contributed by atoms with Crippen LogP contribution in [0.25, 0.3) is 0 Å². The molecule has 2 unspecified atom stereocenters. The van der Waals surface area contributed by atoms with Crippen molar-refractivity contribution in [3.63, 3.8) is 0 Å². The normalized spacial score (nSPS) is 14.7. The molecule has 0 saturated heterocycles. The number of methoxy groups -OCH3 is 1. The molecule has 0 aromatic rings. The van der Waals surface area contributed by atoms with Crippen molar-refractivity contribution >= 4 is 5.97 Å². The lowest BCUT2D eigenvalue weighted by Gasteiger charge is -2.20. The second kappa shape index (κ2) is 8.68. The zero-order valence-corrected chi connectivity index (χ0v) is 10.1. The van der Waals surface area contributed by atoms with E-state index in [1.54, 1.807) is 14.0 Å². The molecule has 0 bridgehead atoms. The van der Waals surface area contributed by atoms with Gasteiger partial charge in [-0.15, -0.1) is 0 Å². The first-order valence-electron chi connectivity index (χ1n) is 5.46. The highest BCUT2D eigenvalue weighted by atomic mass is 16.6. The van der Waals surface area contributed by atoms with Crippen LogP contribution in [0.3, 0.4) is 0 Å². The third-order valence-electron chi connectivity index (χ3n) is 1.90. The van der Waals surface area contributed by atoms with Crippen LogP contribution in [0.5, 0.6) is 0 Å². The van der Waals surface area contributed by atoms with Gasteiger partial charge < -0.3 is 14.2 Å². The van der Waals surface area contributed by atoms with Crippen LogP contribution >= 0.6 is 0 Å². The summed E-state index contributed by atoms with van der Waals surface area (Å²) in [7, 11) is 1.61. The Hall–Kier alpha value is -0.610. The molecule has 4 nitrogen and oxygen atoms in total. The van der Waals surface area contributed by atoms with Gasteiger partial charge in [-0.05, 0) is 20.3 Å². The number of hydrogen-bond acceptors (Lipinski definition) is 4. The Kier molecular flexibility index (Phi) is 8.33. The lowest BCUT2D eigenvalue weighted by Crippen LogP contribution is -2.31. The summed E-state index contributed by atoms with van der Waals surface area (Å²) >= 11 is 0. The van der Waals surface area contributed by atoms with Gasteiger partial charge in [0.05, 0.1) is 19.3 Å². The summed E-state index contributed by atoms with van der Waals surface area (Å²) in [5.41, 5.74) is 0. The maximum absolute atomic E-state index is 11.5. The van der Waals surface area contributed by atoms with Crippen LogP contribution < -0.4 is 0 Å². The van der Waals surface area contributed by atoms with Crippen molar-refractivity contribution in [3.8, 4) is 0 Å². The molecule has 0 radical (unpaired) electrons. The maximum Gasteiger partial charge on any atom is 0.335 e. The number of hydrogen-bond donors (Lipinski definition) is 0. The van der Waals surface area contributed by atoms with E-state index in [1.165, 1.54) is 0 Å². The zero-order valence-electron chi connectivity index (χ0n) is 10.1. The Labute approximate surface area is 91.9 Å². The van der Waals surface area contributed by atoms with Crippen LogP contribution in [0.1, 0.15) is 33.6 Å². The molecule has 0 rings (SSSR count). The Morgan fingerprint density at radius 2 is 2.00 bits per heavy atom. The summed E-state index contributed by atoms with van der Waals surface area (Å²) in [5.74, 6) is -0.276. The average molecular weight is 218 g/mol. The molecular formula is C11H22O4. The zero-order chi connectivity index (χ0) is 11.7. The number of ether oxygens (including phenoxy) is 3. The van der Waals surface area contributed by atoms with Crippen molar-refractivity contribution in [3.05, 3.63) is 0 Å². The van der Waals surface area contributed by atoms with E-state index < -0.39 is 6.10 Å². The van der Waals surface area contributed by atoms with Crippen molar-refractivity contribution in [2.24, 2.45) is 0 Å². The highest BCUT2D eigenvalue weighted by Crippen LogP contribution is 2.08. The molecule has 0 aromatic heterocycles. The van der Waals surface area contributed by atoms with E-state index in [1.807, 2.05) is 13.8 Å². The SMILES string of the molecule is CCCC(OC(C)COC)C(=O)OCC. The number of carbonyl (C=O) groups is 1. The molecule has 0 aliphatic carbocycles.